The summed E-state index contributed by atoms with van der Waals surface area (Å²) < 4.78 is 31.7. The third-order valence-corrected chi connectivity index (χ3v) is 13.3. The topological polar surface area (TPSA) is 76.1 Å². The second kappa shape index (κ2) is 13.9. The van der Waals surface area contributed by atoms with E-state index in [-0.39, 0.29) is 17.1 Å². The van der Waals surface area contributed by atoms with E-state index in [1.54, 1.807) is 25.6 Å². The number of rotatable bonds is 13. The molecule has 0 N–H and O–H groups in total. The summed E-state index contributed by atoms with van der Waals surface area (Å²) in [6.45, 7) is 22.2. The van der Waals surface area contributed by atoms with E-state index in [0.717, 1.165) is 37.9 Å². The van der Waals surface area contributed by atoms with E-state index in [9.17, 15) is 4.79 Å². The van der Waals surface area contributed by atoms with E-state index in [1.807, 2.05) is 39.0 Å². The van der Waals surface area contributed by atoms with Gasteiger partial charge in [-0.2, -0.15) is 0 Å². The maximum atomic E-state index is 12.8. The number of nitrogens with zero attached hydrogens (tertiary/aromatic N) is 1. The van der Waals surface area contributed by atoms with E-state index >= 15 is 0 Å². The quantitative estimate of drug-likeness (QED) is 0.141. The number of fused-ring (bicyclic) bond motifs is 1. The fourth-order valence-electron chi connectivity index (χ4n) is 4.53. The Bertz CT molecular complexity index is 1350. The Kier molecular flexibility index (Phi) is 11.3. The summed E-state index contributed by atoms with van der Waals surface area (Å²) in [7, 11) is 1.08. The molecule has 1 aromatic heterocycles. The molecule has 0 saturated carbocycles. The molecule has 7 nitrogen and oxygen atoms in total. The van der Waals surface area contributed by atoms with Crippen LogP contribution in [0.5, 0.6) is 11.5 Å². The standard InChI is InChI=1S/C33H49NO6SSi/c1-13-38-32(35)24-14-21(4)15-28-30(24)34-29(41-28)18-27(39-19-20(2)3)31(40-42(11,12)33(6,7)8)23-16-25(36-9)22(5)26(17-23)37-10/h14-17,20,27,31H,13,18-19H2,1-12H3. The Morgan fingerprint density at radius 1 is 1.02 bits per heavy atom. The SMILES string of the molecule is CCOC(=O)c1cc(C)cc2sc(CC(OCC(C)C)C(O[Si](C)(C)C(C)(C)C)c3cc(OC)c(C)c(OC)c3)nc12. The summed E-state index contributed by atoms with van der Waals surface area (Å²) in [5.74, 6) is 1.46. The minimum absolute atomic E-state index is 0.0192. The van der Waals surface area contributed by atoms with Gasteiger partial charge in [0.1, 0.15) is 11.5 Å². The zero-order valence-corrected chi connectivity index (χ0v) is 29.3. The summed E-state index contributed by atoms with van der Waals surface area (Å²) in [6.07, 6.45) is -0.219. The summed E-state index contributed by atoms with van der Waals surface area (Å²) in [5.41, 5.74) is 4.03. The maximum Gasteiger partial charge on any atom is 0.340 e. The lowest BCUT2D eigenvalue weighted by Crippen LogP contribution is -2.45. The molecule has 232 valence electrons. The first-order valence-corrected chi connectivity index (χ1v) is 18.4. The Balaban J connectivity index is 2.18. The van der Waals surface area contributed by atoms with Crippen LogP contribution in [-0.4, -0.2) is 52.8 Å². The van der Waals surface area contributed by atoms with Crippen LogP contribution in [0.4, 0.5) is 0 Å². The van der Waals surface area contributed by atoms with Crippen molar-refractivity contribution < 1.29 is 28.2 Å². The Hall–Kier alpha value is -2.46. The Labute approximate surface area is 257 Å². The molecule has 0 bridgehead atoms. The van der Waals surface area contributed by atoms with E-state index in [1.165, 1.54) is 0 Å². The summed E-state index contributed by atoms with van der Waals surface area (Å²) in [6, 6.07) is 8.01. The molecule has 42 heavy (non-hydrogen) atoms. The Morgan fingerprint density at radius 3 is 2.17 bits per heavy atom. The highest BCUT2D eigenvalue weighted by atomic mass is 32.1. The van der Waals surface area contributed by atoms with Crippen LogP contribution < -0.4 is 9.47 Å². The summed E-state index contributed by atoms with van der Waals surface area (Å²) >= 11 is 1.59. The van der Waals surface area contributed by atoms with Gasteiger partial charge in [-0.05, 0) is 80.2 Å². The minimum atomic E-state index is -2.27. The van der Waals surface area contributed by atoms with Gasteiger partial charge in [0.15, 0.2) is 8.32 Å². The minimum Gasteiger partial charge on any atom is -0.496 e. The second-order valence-corrected chi connectivity index (χ2v) is 18.7. The highest BCUT2D eigenvalue weighted by molar-refractivity contribution is 7.18. The van der Waals surface area contributed by atoms with Crippen LogP contribution in [0.25, 0.3) is 10.2 Å². The highest BCUT2D eigenvalue weighted by Gasteiger charge is 2.42. The van der Waals surface area contributed by atoms with E-state index in [4.69, 9.17) is 28.4 Å². The van der Waals surface area contributed by atoms with Crippen molar-refractivity contribution in [3.05, 3.63) is 51.5 Å². The van der Waals surface area contributed by atoms with Crippen LogP contribution in [0.3, 0.4) is 0 Å². The van der Waals surface area contributed by atoms with Crippen LogP contribution in [0, 0.1) is 19.8 Å². The molecule has 2 atom stereocenters. The van der Waals surface area contributed by atoms with Gasteiger partial charge in [-0.15, -0.1) is 11.3 Å². The molecule has 3 aromatic rings. The molecule has 0 amide bonds. The molecule has 0 spiro atoms. The third kappa shape index (κ3) is 7.92. The van der Waals surface area contributed by atoms with Gasteiger partial charge in [0.25, 0.3) is 0 Å². The van der Waals surface area contributed by atoms with Crippen molar-refractivity contribution in [3.63, 3.8) is 0 Å². The predicted octanol–water partition coefficient (Wildman–Crippen LogP) is 8.45. The molecule has 0 saturated heterocycles. The number of ether oxygens (including phenoxy) is 4. The third-order valence-electron chi connectivity index (χ3n) is 7.87. The first-order valence-electron chi connectivity index (χ1n) is 14.7. The average molecular weight is 616 g/mol. The number of carbonyl (C=O) groups excluding carboxylic acids is 1. The van der Waals surface area contributed by atoms with E-state index in [2.05, 4.69) is 53.8 Å². The van der Waals surface area contributed by atoms with Gasteiger partial charge in [0, 0.05) is 18.6 Å². The van der Waals surface area contributed by atoms with Crippen molar-refractivity contribution in [2.45, 2.75) is 92.2 Å². The second-order valence-electron chi connectivity index (χ2n) is 12.8. The van der Waals surface area contributed by atoms with E-state index in [0.29, 0.717) is 36.6 Å². The van der Waals surface area contributed by atoms with Gasteiger partial charge >= 0.3 is 5.97 Å². The summed E-state index contributed by atoms with van der Waals surface area (Å²) in [4.78, 5) is 17.8. The zero-order chi connectivity index (χ0) is 31.4. The number of hydrogen-bond acceptors (Lipinski definition) is 8. The van der Waals surface area contributed by atoms with Crippen LogP contribution in [0.2, 0.25) is 18.1 Å². The number of aryl methyl sites for hydroxylation is 1. The highest BCUT2D eigenvalue weighted by Crippen LogP contribution is 2.44. The van der Waals surface area contributed by atoms with Crippen molar-refractivity contribution in [2.24, 2.45) is 5.92 Å². The molecular formula is C33H49NO6SSi. The molecule has 3 rings (SSSR count). The fraction of sp³-hybridized carbons (Fsp3) is 0.576. The Morgan fingerprint density at radius 2 is 1.64 bits per heavy atom. The lowest BCUT2D eigenvalue weighted by molar-refractivity contribution is -0.0416. The first-order chi connectivity index (χ1) is 19.6. The fourth-order valence-corrected chi connectivity index (χ4v) is 6.94. The van der Waals surface area contributed by atoms with Crippen molar-refractivity contribution in [1.29, 1.82) is 0 Å². The number of benzene rings is 2. The molecular weight excluding hydrogens is 567 g/mol. The molecule has 9 heteroatoms. The lowest BCUT2D eigenvalue weighted by Gasteiger charge is -2.41. The van der Waals surface area contributed by atoms with Crippen molar-refractivity contribution in [2.75, 3.05) is 27.4 Å². The van der Waals surface area contributed by atoms with Crippen LogP contribution >= 0.6 is 11.3 Å². The van der Waals surface area contributed by atoms with Crippen LogP contribution in [0.1, 0.15) is 79.7 Å². The first kappa shape index (κ1) is 34.0. The lowest BCUT2D eigenvalue weighted by atomic mass is 9.99. The number of thiazole rings is 1. The van der Waals surface area contributed by atoms with E-state index < -0.39 is 14.4 Å². The van der Waals surface area contributed by atoms with Gasteiger partial charge in [0.2, 0.25) is 0 Å². The van der Waals surface area contributed by atoms with Crippen LogP contribution in [0.15, 0.2) is 24.3 Å². The molecule has 2 aromatic carbocycles. The smallest absolute Gasteiger partial charge is 0.340 e. The molecule has 0 fully saturated rings. The van der Waals surface area contributed by atoms with Gasteiger partial charge in [-0.3, -0.25) is 0 Å². The van der Waals surface area contributed by atoms with Gasteiger partial charge in [-0.25, -0.2) is 9.78 Å². The van der Waals surface area contributed by atoms with Gasteiger partial charge in [-0.1, -0.05) is 34.6 Å². The van der Waals surface area contributed by atoms with Crippen molar-refractivity contribution in [3.8, 4) is 11.5 Å². The number of hydrogen-bond donors (Lipinski definition) is 0. The number of esters is 1. The van der Waals surface area contributed by atoms with Gasteiger partial charge < -0.3 is 23.4 Å². The van der Waals surface area contributed by atoms with Gasteiger partial charge in [0.05, 0.1) is 53.8 Å². The molecule has 1 heterocycles. The molecule has 2 unspecified atom stereocenters. The number of methoxy groups -OCH3 is 2. The molecule has 0 radical (unpaired) electrons. The molecule has 0 aliphatic carbocycles. The number of carbonyl (C=O) groups is 1. The average Bonchev–Trinajstić information content (AvgIpc) is 3.31. The predicted molar refractivity (Wildman–Crippen MR) is 174 cm³/mol. The van der Waals surface area contributed by atoms with Crippen molar-refractivity contribution >= 4 is 35.8 Å². The molecule has 0 aliphatic rings. The van der Waals surface area contributed by atoms with Crippen molar-refractivity contribution in [1.82, 2.24) is 4.98 Å². The molecule has 0 aliphatic heterocycles. The number of aromatic nitrogens is 1. The monoisotopic (exact) mass is 615 g/mol. The largest absolute Gasteiger partial charge is 0.496 e. The zero-order valence-electron chi connectivity index (χ0n) is 27.5. The van der Waals surface area contributed by atoms with Crippen LogP contribution in [-0.2, 0) is 20.3 Å². The normalized spacial score (nSPS) is 13.8. The summed E-state index contributed by atoms with van der Waals surface area (Å²) in [5, 5.41) is 0.860. The maximum absolute atomic E-state index is 12.8.